The molecule has 0 atom stereocenters. The average Bonchev–Trinajstić information content (AvgIpc) is 1.91. The third kappa shape index (κ3) is 4.08. The van der Waals surface area contributed by atoms with Crippen LogP contribution in [0.5, 0.6) is 0 Å². The molecule has 1 saturated carbocycles. The minimum atomic E-state index is 0. The van der Waals surface area contributed by atoms with E-state index < -0.39 is 0 Å². The summed E-state index contributed by atoms with van der Waals surface area (Å²) in [5.74, 6) is 1.04. The number of hydrogen-bond acceptors (Lipinski definition) is 0. The maximum Gasteiger partial charge on any atom is 3.00 e. The summed E-state index contributed by atoms with van der Waals surface area (Å²) in [6, 6.07) is 0. The van der Waals surface area contributed by atoms with Gasteiger partial charge in [-0.1, -0.05) is 38.5 Å². The third-order valence-electron chi connectivity index (χ3n) is 2.34. The first kappa shape index (κ1) is 11.1. The summed E-state index contributed by atoms with van der Waals surface area (Å²) in [6.45, 7) is 3.88. The van der Waals surface area contributed by atoms with Crippen LogP contribution in [0.25, 0.3) is 0 Å². The largest absolute Gasteiger partial charge is 3.00 e. The summed E-state index contributed by atoms with van der Waals surface area (Å²) in [6.07, 6.45) is 9.92. The van der Waals surface area contributed by atoms with Crippen molar-refractivity contribution in [1.82, 2.24) is 0 Å². The predicted octanol–water partition coefficient (Wildman–Crippen LogP) is 3.18. The van der Waals surface area contributed by atoms with Gasteiger partial charge in [0.1, 0.15) is 0 Å². The minimum Gasteiger partial charge on any atom is -0.343 e. The molecule has 0 aromatic carbocycles. The monoisotopic (exact) mass is 214 g/mol. The second kappa shape index (κ2) is 6.79. The molecule has 1 fully saturated rings. The summed E-state index contributed by atoms with van der Waals surface area (Å²) in [5, 5.41) is 0. The fourth-order valence-corrected chi connectivity index (χ4v) is 1.76. The van der Waals surface area contributed by atoms with Crippen molar-refractivity contribution in [3.63, 3.8) is 0 Å². The first-order valence-electron chi connectivity index (χ1n) is 4.22. The van der Waals surface area contributed by atoms with Crippen molar-refractivity contribution in [1.29, 1.82) is 0 Å². The molecule has 1 aliphatic carbocycles. The van der Waals surface area contributed by atoms with Gasteiger partial charge < -0.3 is 6.92 Å². The second-order valence-corrected chi connectivity index (χ2v) is 3.15. The SMILES string of the molecule is [CH2-]CCC1CCCCC1.[Y+3]. The van der Waals surface area contributed by atoms with Crippen LogP contribution in [-0.2, 0) is 32.7 Å². The molecule has 0 aliphatic heterocycles. The van der Waals surface area contributed by atoms with E-state index in [1.54, 1.807) is 0 Å². The summed E-state index contributed by atoms with van der Waals surface area (Å²) < 4.78 is 0. The van der Waals surface area contributed by atoms with E-state index >= 15 is 0 Å². The van der Waals surface area contributed by atoms with Crippen LogP contribution in [0.1, 0.15) is 44.9 Å². The van der Waals surface area contributed by atoms with E-state index in [9.17, 15) is 0 Å². The molecule has 0 spiro atoms. The molecule has 0 aromatic rings. The Hall–Kier alpha value is 1.10. The number of hydrogen-bond donors (Lipinski definition) is 0. The first-order valence-corrected chi connectivity index (χ1v) is 4.22. The summed E-state index contributed by atoms with van der Waals surface area (Å²) in [4.78, 5) is 0. The van der Waals surface area contributed by atoms with Gasteiger partial charge in [-0.15, -0.1) is 0 Å². The molecular formula is C9H17Y+2. The predicted molar refractivity (Wildman–Crippen MR) is 41.2 cm³/mol. The van der Waals surface area contributed by atoms with Crippen LogP contribution in [0.3, 0.4) is 0 Å². The van der Waals surface area contributed by atoms with Crippen molar-refractivity contribution in [3.05, 3.63) is 6.92 Å². The maximum atomic E-state index is 3.88. The Bertz CT molecular complexity index is 62.4. The molecular weight excluding hydrogens is 197 g/mol. The Morgan fingerprint density at radius 3 is 2.20 bits per heavy atom. The van der Waals surface area contributed by atoms with Gasteiger partial charge in [0.2, 0.25) is 0 Å². The third-order valence-corrected chi connectivity index (χ3v) is 2.34. The molecule has 0 amide bonds. The van der Waals surface area contributed by atoms with E-state index in [1.807, 2.05) is 0 Å². The van der Waals surface area contributed by atoms with Gasteiger partial charge in [-0.2, -0.15) is 6.42 Å². The molecule has 1 heteroatoms. The molecule has 10 heavy (non-hydrogen) atoms. The van der Waals surface area contributed by atoms with Gasteiger partial charge in [-0.05, 0) is 5.92 Å². The standard InChI is InChI=1S/C9H17.Y/c1-2-6-9-7-4-3-5-8-9;/h9H,1-8H2;/q-1;+3. The van der Waals surface area contributed by atoms with Crippen LogP contribution in [0, 0.1) is 12.8 Å². The van der Waals surface area contributed by atoms with Gasteiger partial charge in [0, 0.05) is 0 Å². The van der Waals surface area contributed by atoms with E-state index in [0.717, 1.165) is 12.3 Å². The average molecular weight is 214 g/mol. The molecule has 0 heterocycles. The van der Waals surface area contributed by atoms with Crippen LogP contribution in [0.4, 0.5) is 0 Å². The Kier molecular flexibility index (Phi) is 7.54. The van der Waals surface area contributed by atoms with Gasteiger partial charge in [0.15, 0.2) is 0 Å². The van der Waals surface area contributed by atoms with Crippen molar-refractivity contribution >= 4 is 0 Å². The van der Waals surface area contributed by atoms with E-state index in [1.165, 1.54) is 38.5 Å². The molecule has 0 saturated heterocycles. The van der Waals surface area contributed by atoms with Crippen molar-refractivity contribution in [2.24, 2.45) is 5.92 Å². The molecule has 0 bridgehead atoms. The maximum absolute atomic E-state index is 3.88. The van der Waals surface area contributed by atoms with Gasteiger partial charge >= 0.3 is 32.7 Å². The van der Waals surface area contributed by atoms with Gasteiger partial charge in [-0.3, -0.25) is 0 Å². The van der Waals surface area contributed by atoms with E-state index in [-0.39, 0.29) is 32.7 Å². The van der Waals surface area contributed by atoms with Crippen LogP contribution < -0.4 is 0 Å². The molecule has 1 rings (SSSR count). The quantitative estimate of drug-likeness (QED) is 0.619. The van der Waals surface area contributed by atoms with Crippen LogP contribution in [0.15, 0.2) is 0 Å². The van der Waals surface area contributed by atoms with Crippen molar-refractivity contribution in [2.75, 3.05) is 0 Å². The molecule has 0 unspecified atom stereocenters. The van der Waals surface area contributed by atoms with Gasteiger partial charge in [0.05, 0.1) is 0 Å². The molecule has 54 valence electrons. The fourth-order valence-electron chi connectivity index (χ4n) is 1.76. The van der Waals surface area contributed by atoms with Crippen molar-refractivity contribution in [2.45, 2.75) is 44.9 Å². The summed E-state index contributed by atoms with van der Waals surface area (Å²) >= 11 is 0. The fraction of sp³-hybridized carbons (Fsp3) is 0.889. The summed E-state index contributed by atoms with van der Waals surface area (Å²) in [5.41, 5.74) is 0. The zero-order valence-electron chi connectivity index (χ0n) is 6.81. The topological polar surface area (TPSA) is 0 Å². The molecule has 1 aliphatic rings. The molecule has 0 aromatic heterocycles. The summed E-state index contributed by atoms with van der Waals surface area (Å²) in [7, 11) is 0. The van der Waals surface area contributed by atoms with Crippen LogP contribution in [-0.4, -0.2) is 0 Å². The first-order chi connectivity index (χ1) is 4.43. The van der Waals surface area contributed by atoms with Crippen molar-refractivity contribution < 1.29 is 32.7 Å². The molecule has 0 nitrogen and oxygen atoms in total. The normalized spacial score (nSPS) is 20.1. The minimum absolute atomic E-state index is 0. The van der Waals surface area contributed by atoms with Gasteiger partial charge in [0.25, 0.3) is 0 Å². The Morgan fingerprint density at radius 2 is 1.70 bits per heavy atom. The Morgan fingerprint density at radius 1 is 1.10 bits per heavy atom. The molecule has 0 N–H and O–H groups in total. The van der Waals surface area contributed by atoms with Crippen LogP contribution in [0.2, 0.25) is 0 Å². The van der Waals surface area contributed by atoms with Gasteiger partial charge in [-0.25, -0.2) is 0 Å². The zero-order valence-corrected chi connectivity index (χ0v) is 9.65. The Balaban J connectivity index is 0.000000810. The smallest absolute Gasteiger partial charge is 0.343 e. The Labute approximate surface area is 90.0 Å². The van der Waals surface area contributed by atoms with E-state index in [0.29, 0.717) is 0 Å². The number of rotatable bonds is 2. The van der Waals surface area contributed by atoms with E-state index in [2.05, 4.69) is 6.92 Å². The van der Waals surface area contributed by atoms with Crippen molar-refractivity contribution in [3.8, 4) is 0 Å². The zero-order chi connectivity index (χ0) is 6.53. The van der Waals surface area contributed by atoms with Crippen LogP contribution >= 0.6 is 0 Å². The second-order valence-electron chi connectivity index (χ2n) is 3.15. The molecule has 0 radical (unpaired) electrons. The van der Waals surface area contributed by atoms with E-state index in [4.69, 9.17) is 0 Å².